The zero-order valence-electron chi connectivity index (χ0n) is 5.10. The van der Waals surface area contributed by atoms with E-state index in [1.165, 1.54) is 0 Å². The van der Waals surface area contributed by atoms with Gasteiger partial charge in [-0.15, -0.1) is 0 Å². The van der Waals surface area contributed by atoms with Crippen molar-refractivity contribution in [3.63, 3.8) is 0 Å². The first kappa shape index (κ1) is 17.3. The first-order valence-corrected chi connectivity index (χ1v) is 1.88. The van der Waals surface area contributed by atoms with Crippen LogP contribution < -0.4 is 0 Å². The third kappa shape index (κ3) is 12.0. The van der Waals surface area contributed by atoms with Gasteiger partial charge in [-0.25, -0.2) is 14.4 Å². The Kier molecular flexibility index (Phi) is 12.0. The van der Waals surface area contributed by atoms with Crippen LogP contribution in [0.15, 0.2) is 0 Å². The molecular formula is C3H2Co2O7. The van der Waals surface area contributed by atoms with Gasteiger partial charge in [-0.1, -0.05) is 0 Å². The molecule has 0 aromatic heterocycles. The monoisotopic (exact) mass is 268 g/mol. The molecule has 0 aromatic carbocycles. The molecule has 0 aliphatic heterocycles. The van der Waals surface area contributed by atoms with Crippen molar-refractivity contribution in [1.29, 1.82) is 0 Å². The van der Waals surface area contributed by atoms with E-state index in [2.05, 4.69) is 9.47 Å². The molecule has 0 saturated carbocycles. The molecule has 0 saturated heterocycles. The average molecular weight is 268 g/mol. The largest absolute Gasteiger partial charge is 0.528 e. The number of carbonyl (C=O) groups excluding carboxylic acids is 1. The minimum Gasteiger partial charge on any atom is -0.449 e. The third-order valence-electron chi connectivity index (χ3n) is 0.341. The predicted octanol–water partition coefficient (Wildman–Crippen LogP) is 0.491. The van der Waals surface area contributed by atoms with Gasteiger partial charge in [0.2, 0.25) is 0 Å². The summed E-state index contributed by atoms with van der Waals surface area (Å²) in [6, 6.07) is 0. The zero-order valence-corrected chi connectivity index (χ0v) is 7.18. The van der Waals surface area contributed by atoms with E-state index in [0.29, 0.717) is 0 Å². The van der Waals surface area contributed by atoms with Crippen LogP contribution >= 0.6 is 0 Å². The van der Waals surface area contributed by atoms with Crippen LogP contribution in [0.2, 0.25) is 0 Å². The van der Waals surface area contributed by atoms with Crippen LogP contribution in [0.25, 0.3) is 0 Å². The summed E-state index contributed by atoms with van der Waals surface area (Å²) in [5.41, 5.74) is 0. The van der Waals surface area contributed by atoms with E-state index in [4.69, 9.17) is 10.2 Å². The van der Waals surface area contributed by atoms with Gasteiger partial charge in [0.15, 0.2) is 0 Å². The Morgan fingerprint density at radius 2 is 1.08 bits per heavy atom. The van der Waals surface area contributed by atoms with Crippen molar-refractivity contribution >= 4 is 18.5 Å². The van der Waals surface area contributed by atoms with Gasteiger partial charge >= 0.3 is 18.5 Å². The molecule has 0 atom stereocenters. The molecule has 0 spiro atoms. The smallest absolute Gasteiger partial charge is 0.449 e. The normalized spacial score (nSPS) is 6.67. The summed E-state index contributed by atoms with van der Waals surface area (Å²) in [4.78, 5) is 28.8. The van der Waals surface area contributed by atoms with E-state index in [0.717, 1.165) is 0 Å². The maximum absolute atomic E-state index is 9.86. The molecule has 0 heterocycles. The molecule has 0 rings (SSSR count). The van der Waals surface area contributed by atoms with E-state index in [1.54, 1.807) is 0 Å². The summed E-state index contributed by atoms with van der Waals surface area (Å²) in [6.45, 7) is 0. The van der Waals surface area contributed by atoms with Crippen LogP contribution in [0.1, 0.15) is 0 Å². The summed E-state index contributed by atoms with van der Waals surface area (Å²) in [5.74, 6) is 0. The Morgan fingerprint density at radius 1 is 0.833 bits per heavy atom. The Bertz CT molecular complexity index is 159. The molecule has 12 heavy (non-hydrogen) atoms. The second-order valence-corrected chi connectivity index (χ2v) is 0.986. The molecule has 0 aliphatic rings. The van der Waals surface area contributed by atoms with E-state index >= 15 is 0 Å². The first-order chi connectivity index (χ1) is 4.52. The molecule has 7 nitrogen and oxygen atoms in total. The molecule has 74 valence electrons. The third-order valence-corrected chi connectivity index (χ3v) is 0.341. The van der Waals surface area contributed by atoms with Crippen molar-refractivity contribution in [2.45, 2.75) is 0 Å². The predicted molar refractivity (Wildman–Crippen MR) is 23.6 cm³/mol. The molecule has 0 aliphatic carbocycles. The van der Waals surface area contributed by atoms with Crippen molar-refractivity contribution in [3.8, 4) is 0 Å². The van der Waals surface area contributed by atoms with Crippen molar-refractivity contribution in [3.05, 3.63) is 0 Å². The van der Waals surface area contributed by atoms with Crippen molar-refractivity contribution in [2.24, 2.45) is 0 Å². The van der Waals surface area contributed by atoms with Crippen LogP contribution in [0, 0.1) is 0 Å². The van der Waals surface area contributed by atoms with Gasteiger partial charge in [0, 0.05) is 33.6 Å². The van der Waals surface area contributed by atoms with Crippen molar-refractivity contribution in [2.75, 3.05) is 0 Å². The number of ether oxygens (including phenoxy) is 2. The Labute approximate surface area is 86.4 Å². The van der Waals surface area contributed by atoms with E-state index in [1.807, 2.05) is 0 Å². The number of carboxylic acid groups (broad SMARTS) is 2. The van der Waals surface area contributed by atoms with Gasteiger partial charge in [0.05, 0.1) is 0 Å². The van der Waals surface area contributed by atoms with Gasteiger partial charge in [-0.05, 0) is 0 Å². The number of carbonyl (C=O) groups is 3. The number of hydrogen-bond donors (Lipinski definition) is 2. The SMILES string of the molecule is O=C(O)OC(=O)OC(=O)O.[Co].[Co]. The number of rotatable bonds is 0. The molecule has 0 bridgehead atoms. The Balaban J connectivity index is -0.000000405. The van der Waals surface area contributed by atoms with Gasteiger partial charge in [-0.3, -0.25) is 0 Å². The number of hydrogen-bond acceptors (Lipinski definition) is 5. The molecule has 2 N–H and O–H groups in total. The maximum Gasteiger partial charge on any atom is 0.528 e. The molecule has 0 unspecified atom stereocenters. The molecular weight excluding hydrogens is 266 g/mol. The topological polar surface area (TPSA) is 110 Å². The second-order valence-electron chi connectivity index (χ2n) is 0.986. The van der Waals surface area contributed by atoms with E-state index in [-0.39, 0.29) is 33.6 Å². The molecule has 0 amide bonds. The van der Waals surface area contributed by atoms with Gasteiger partial charge in [0.1, 0.15) is 0 Å². The molecule has 0 fully saturated rings. The maximum atomic E-state index is 9.86. The summed E-state index contributed by atoms with van der Waals surface area (Å²) in [7, 11) is 0. The standard InChI is InChI=1S/C3H2O7.2Co/c4-1(5)9-3(8)10-2(6)7;;/h(H,4,5)(H,6,7);;. The van der Waals surface area contributed by atoms with Crippen LogP contribution in [-0.4, -0.2) is 28.7 Å². The van der Waals surface area contributed by atoms with Crippen LogP contribution in [0.5, 0.6) is 0 Å². The second kappa shape index (κ2) is 8.32. The van der Waals surface area contributed by atoms with Gasteiger partial charge < -0.3 is 19.7 Å². The van der Waals surface area contributed by atoms with E-state index in [9.17, 15) is 14.4 Å². The molecule has 0 aromatic rings. The van der Waals surface area contributed by atoms with Crippen molar-refractivity contribution < 1.29 is 67.6 Å². The van der Waals surface area contributed by atoms with Gasteiger partial charge in [-0.2, -0.15) is 0 Å². The Hall–Kier alpha value is -0.777. The summed E-state index contributed by atoms with van der Waals surface area (Å²) in [5, 5.41) is 15.4. The van der Waals surface area contributed by atoms with Gasteiger partial charge in [0.25, 0.3) is 0 Å². The van der Waals surface area contributed by atoms with Crippen LogP contribution in [0.3, 0.4) is 0 Å². The minimum absolute atomic E-state index is 0. The summed E-state index contributed by atoms with van der Waals surface area (Å²) in [6.07, 6.45) is -5.64. The van der Waals surface area contributed by atoms with Crippen LogP contribution in [0.4, 0.5) is 14.4 Å². The minimum atomic E-state index is -1.92. The van der Waals surface area contributed by atoms with E-state index < -0.39 is 18.5 Å². The zero-order chi connectivity index (χ0) is 8.15. The Morgan fingerprint density at radius 3 is 1.25 bits per heavy atom. The fourth-order valence-corrected chi connectivity index (χ4v) is 0.163. The molecule has 9 heteroatoms. The van der Waals surface area contributed by atoms with Crippen LogP contribution in [-0.2, 0) is 43.0 Å². The average Bonchev–Trinajstić information content (AvgIpc) is 1.58. The summed E-state index contributed by atoms with van der Waals surface area (Å²) < 4.78 is 6.47. The first-order valence-electron chi connectivity index (χ1n) is 1.88. The molecule has 2 radical (unpaired) electrons. The fourth-order valence-electron chi connectivity index (χ4n) is 0.163. The summed E-state index contributed by atoms with van der Waals surface area (Å²) >= 11 is 0. The fraction of sp³-hybridized carbons (Fsp3) is 0. The van der Waals surface area contributed by atoms with Crippen molar-refractivity contribution in [1.82, 2.24) is 0 Å². The quantitative estimate of drug-likeness (QED) is 0.485.